The molecule has 4 aromatic rings. The van der Waals surface area contributed by atoms with E-state index >= 15 is 0 Å². The Morgan fingerprint density at radius 1 is 0.880 bits per heavy atom. The molecule has 1 aromatic heterocycles. The van der Waals surface area contributed by atoms with Crippen molar-refractivity contribution in [1.29, 1.82) is 0 Å². The Hall–Kier alpha value is -2.37. The lowest BCUT2D eigenvalue weighted by atomic mass is 10.1. The average Bonchev–Trinajstić information content (AvgIpc) is 3.02. The van der Waals surface area contributed by atoms with Crippen LogP contribution in [0.2, 0.25) is 0 Å². The van der Waals surface area contributed by atoms with E-state index in [4.69, 9.17) is 12.2 Å². The van der Waals surface area contributed by atoms with Gasteiger partial charge in [0.1, 0.15) is 5.82 Å². The lowest BCUT2D eigenvalue weighted by Crippen LogP contribution is -2.01. The molecular weight excluding hydrogens is 346 g/mol. The first kappa shape index (κ1) is 16.1. The van der Waals surface area contributed by atoms with Gasteiger partial charge in [0.05, 0.1) is 11.4 Å². The lowest BCUT2D eigenvalue weighted by molar-refractivity contribution is 0.955. The number of hydrogen-bond acceptors (Lipinski definition) is 3. The summed E-state index contributed by atoms with van der Waals surface area (Å²) in [5.74, 6) is 2.70. The number of aromatic nitrogens is 3. The zero-order chi connectivity index (χ0) is 17.1. The molecule has 1 heterocycles. The number of hydrogen-bond donors (Lipinski definition) is 1. The summed E-state index contributed by atoms with van der Waals surface area (Å²) >= 11 is 7.33. The van der Waals surface area contributed by atoms with Gasteiger partial charge in [-0.3, -0.25) is 9.67 Å². The second-order valence-corrected chi connectivity index (χ2v) is 7.13. The maximum Gasteiger partial charge on any atom is 0.199 e. The molecule has 0 aliphatic rings. The molecule has 1 N–H and O–H groups in total. The van der Waals surface area contributed by atoms with E-state index < -0.39 is 0 Å². The largest absolute Gasteiger partial charge is 0.271 e. The third kappa shape index (κ3) is 3.38. The number of thioether (sulfide) groups is 1. The molecule has 3 nitrogen and oxygen atoms in total. The van der Waals surface area contributed by atoms with Crippen molar-refractivity contribution in [3.8, 4) is 5.69 Å². The van der Waals surface area contributed by atoms with Gasteiger partial charge in [-0.1, -0.05) is 66.7 Å². The van der Waals surface area contributed by atoms with Crippen molar-refractivity contribution in [1.82, 2.24) is 14.8 Å². The predicted molar refractivity (Wildman–Crippen MR) is 108 cm³/mol. The van der Waals surface area contributed by atoms with Gasteiger partial charge in [0.2, 0.25) is 0 Å². The van der Waals surface area contributed by atoms with Crippen LogP contribution >= 0.6 is 24.0 Å². The van der Waals surface area contributed by atoms with Crippen molar-refractivity contribution in [2.45, 2.75) is 11.5 Å². The Balaban J connectivity index is 1.64. The molecule has 0 aliphatic heterocycles. The van der Waals surface area contributed by atoms with Gasteiger partial charge in [-0.2, -0.15) is 5.10 Å². The molecule has 0 saturated carbocycles. The maximum atomic E-state index is 5.50. The Kier molecular flexibility index (Phi) is 4.68. The van der Waals surface area contributed by atoms with E-state index in [1.165, 1.54) is 16.3 Å². The third-order valence-electron chi connectivity index (χ3n) is 4.09. The summed E-state index contributed by atoms with van der Waals surface area (Å²) in [4.78, 5) is 0. The molecular formula is C20H17N3S2. The molecule has 0 aliphatic carbocycles. The first-order valence-electron chi connectivity index (χ1n) is 8.09. The normalized spacial score (nSPS) is 11.0. The minimum atomic E-state index is 0.631. The molecule has 0 bridgehead atoms. The van der Waals surface area contributed by atoms with Gasteiger partial charge < -0.3 is 0 Å². The summed E-state index contributed by atoms with van der Waals surface area (Å²) in [7, 11) is 0. The fraction of sp³-hybridized carbons (Fsp3) is 0.100. The average molecular weight is 364 g/mol. The number of aromatic amines is 1. The van der Waals surface area contributed by atoms with E-state index in [0.29, 0.717) is 4.77 Å². The van der Waals surface area contributed by atoms with Crippen LogP contribution in [0, 0.1) is 4.77 Å². The van der Waals surface area contributed by atoms with Crippen molar-refractivity contribution >= 4 is 34.8 Å². The second kappa shape index (κ2) is 7.25. The van der Waals surface area contributed by atoms with Crippen LogP contribution in [0.1, 0.15) is 11.4 Å². The molecule has 0 amide bonds. The standard InChI is InChI=1S/C20H17N3S2/c24-20-22-21-19(14-25-13-15-7-2-1-3-8-15)23(20)18-12-6-10-16-9-4-5-11-17(16)18/h1-12H,13-14H2,(H,22,24). The van der Waals surface area contributed by atoms with Crippen LogP contribution in [0.4, 0.5) is 0 Å². The van der Waals surface area contributed by atoms with E-state index in [2.05, 4.69) is 81.5 Å². The highest BCUT2D eigenvalue weighted by atomic mass is 32.2. The van der Waals surface area contributed by atoms with E-state index in [1.54, 1.807) is 0 Å². The number of rotatable bonds is 5. The SMILES string of the molecule is S=c1[nH]nc(CSCc2ccccc2)n1-c1cccc2ccccc12. The summed E-state index contributed by atoms with van der Waals surface area (Å²) < 4.78 is 2.68. The minimum Gasteiger partial charge on any atom is -0.271 e. The van der Waals surface area contributed by atoms with Crippen molar-refractivity contribution < 1.29 is 0 Å². The van der Waals surface area contributed by atoms with Crippen LogP contribution in [0.25, 0.3) is 16.5 Å². The molecule has 5 heteroatoms. The number of benzene rings is 3. The highest BCUT2D eigenvalue weighted by Crippen LogP contribution is 2.25. The molecule has 0 radical (unpaired) electrons. The second-order valence-electron chi connectivity index (χ2n) is 5.76. The van der Waals surface area contributed by atoms with Gasteiger partial charge in [-0.05, 0) is 29.2 Å². The van der Waals surface area contributed by atoms with Crippen LogP contribution in [0.15, 0.2) is 72.8 Å². The molecule has 25 heavy (non-hydrogen) atoms. The summed E-state index contributed by atoms with van der Waals surface area (Å²) in [5.41, 5.74) is 2.39. The van der Waals surface area contributed by atoms with Crippen molar-refractivity contribution in [3.63, 3.8) is 0 Å². The smallest absolute Gasteiger partial charge is 0.199 e. The van der Waals surface area contributed by atoms with Gasteiger partial charge in [-0.25, -0.2) is 0 Å². The van der Waals surface area contributed by atoms with Gasteiger partial charge in [0, 0.05) is 11.1 Å². The highest BCUT2D eigenvalue weighted by Gasteiger charge is 2.11. The number of nitrogens with one attached hydrogen (secondary N) is 1. The van der Waals surface area contributed by atoms with Crippen LogP contribution in [0.3, 0.4) is 0 Å². The molecule has 0 saturated heterocycles. The van der Waals surface area contributed by atoms with Gasteiger partial charge in [0.15, 0.2) is 4.77 Å². The predicted octanol–water partition coefficient (Wildman–Crippen LogP) is 5.52. The summed E-state index contributed by atoms with van der Waals surface area (Å²) in [6, 6.07) is 25.1. The Morgan fingerprint density at radius 2 is 1.64 bits per heavy atom. The van der Waals surface area contributed by atoms with E-state index in [9.17, 15) is 0 Å². The molecule has 0 unspecified atom stereocenters. The van der Waals surface area contributed by atoms with Crippen LogP contribution in [-0.2, 0) is 11.5 Å². The molecule has 0 fully saturated rings. The fourth-order valence-corrected chi connectivity index (χ4v) is 4.07. The van der Waals surface area contributed by atoms with E-state index in [0.717, 1.165) is 23.0 Å². The quantitative estimate of drug-likeness (QED) is 0.474. The van der Waals surface area contributed by atoms with Gasteiger partial charge in [0.25, 0.3) is 0 Å². The van der Waals surface area contributed by atoms with Crippen molar-refractivity contribution in [2.75, 3.05) is 0 Å². The molecule has 0 atom stereocenters. The van der Waals surface area contributed by atoms with Crippen LogP contribution in [0.5, 0.6) is 0 Å². The van der Waals surface area contributed by atoms with E-state index in [-0.39, 0.29) is 0 Å². The lowest BCUT2D eigenvalue weighted by Gasteiger charge is -2.10. The van der Waals surface area contributed by atoms with Gasteiger partial charge in [-0.15, -0.1) is 11.8 Å². The summed E-state index contributed by atoms with van der Waals surface area (Å²) in [5, 5.41) is 9.78. The first-order valence-corrected chi connectivity index (χ1v) is 9.65. The Labute approximate surface area is 155 Å². The fourth-order valence-electron chi connectivity index (χ4n) is 2.91. The monoisotopic (exact) mass is 363 g/mol. The molecule has 124 valence electrons. The number of fused-ring (bicyclic) bond motifs is 1. The molecule has 3 aromatic carbocycles. The molecule has 4 rings (SSSR count). The zero-order valence-corrected chi connectivity index (χ0v) is 15.2. The zero-order valence-electron chi connectivity index (χ0n) is 13.6. The highest BCUT2D eigenvalue weighted by molar-refractivity contribution is 7.97. The Bertz CT molecular complexity index is 1050. The third-order valence-corrected chi connectivity index (χ3v) is 5.37. The summed E-state index contributed by atoms with van der Waals surface area (Å²) in [6.07, 6.45) is 0. The number of nitrogens with zero attached hydrogens (tertiary/aromatic N) is 2. The minimum absolute atomic E-state index is 0.631. The molecule has 0 spiro atoms. The summed E-state index contributed by atoms with van der Waals surface area (Å²) in [6.45, 7) is 0. The van der Waals surface area contributed by atoms with Crippen LogP contribution in [-0.4, -0.2) is 14.8 Å². The first-order chi connectivity index (χ1) is 12.3. The number of H-pyrrole nitrogens is 1. The maximum absolute atomic E-state index is 5.50. The Morgan fingerprint density at radius 3 is 2.52 bits per heavy atom. The van der Waals surface area contributed by atoms with Crippen molar-refractivity contribution in [3.05, 3.63) is 89.0 Å². The van der Waals surface area contributed by atoms with Crippen LogP contribution < -0.4 is 0 Å². The van der Waals surface area contributed by atoms with Gasteiger partial charge >= 0.3 is 0 Å². The van der Waals surface area contributed by atoms with Crippen molar-refractivity contribution in [2.24, 2.45) is 0 Å². The topological polar surface area (TPSA) is 33.6 Å². The van der Waals surface area contributed by atoms with E-state index in [1.807, 2.05) is 17.8 Å².